The van der Waals surface area contributed by atoms with Crippen LogP contribution in [0, 0.1) is 5.92 Å². The molecule has 0 atom stereocenters. The van der Waals surface area contributed by atoms with Gasteiger partial charge in [-0.25, -0.2) is 0 Å². The lowest BCUT2D eigenvalue weighted by molar-refractivity contribution is -0.132. The number of amides is 1. The highest BCUT2D eigenvalue weighted by molar-refractivity contribution is 5.76. The molecule has 98 valence electrons. The normalized spacial score (nSPS) is 15.5. The molecular weight excluding hydrogens is 198 g/mol. The molecule has 0 bridgehead atoms. The summed E-state index contributed by atoms with van der Waals surface area (Å²) in [6.07, 6.45) is 4.09. The Hall–Kier alpha value is -0.530. The van der Waals surface area contributed by atoms with Crippen molar-refractivity contribution in [3.8, 4) is 0 Å². The summed E-state index contributed by atoms with van der Waals surface area (Å²) >= 11 is 0. The van der Waals surface area contributed by atoms with E-state index in [4.69, 9.17) is 0 Å². The summed E-state index contributed by atoms with van der Waals surface area (Å²) in [7, 11) is 0. The average Bonchev–Trinajstić information content (AvgIpc) is 2.35. The molecule has 0 aromatic carbocycles. The fraction of sp³-hybridized carbons (Fsp3) is 0.929. The molecular formula is C14H31NO. The molecule has 0 aromatic rings. The first-order chi connectivity index (χ1) is 7.74. The molecule has 1 amide bonds. The molecule has 1 fully saturated rings. The highest BCUT2D eigenvalue weighted by Gasteiger charge is 2.18. The van der Waals surface area contributed by atoms with Crippen LogP contribution in [-0.4, -0.2) is 23.9 Å². The van der Waals surface area contributed by atoms with Crippen molar-refractivity contribution in [1.82, 2.24) is 4.90 Å². The first-order valence-corrected chi connectivity index (χ1v) is 7.01. The molecule has 1 saturated heterocycles. The third-order valence-electron chi connectivity index (χ3n) is 2.60. The maximum absolute atomic E-state index is 11.4. The van der Waals surface area contributed by atoms with E-state index in [2.05, 4.69) is 13.8 Å². The van der Waals surface area contributed by atoms with Gasteiger partial charge in [0.1, 0.15) is 0 Å². The molecule has 0 spiro atoms. The van der Waals surface area contributed by atoms with Gasteiger partial charge in [0.25, 0.3) is 0 Å². The van der Waals surface area contributed by atoms with Crippen molar-refractivity contribution in [1.29, 1.82) is 0 Å². The van der Waals surface area contributed by atoms with Crippen molar-refractivity contribution < 1.29 is 4.79 Å². The first kappa shape index (κ1) is 17.9. The third-order valence-corrected chi connectivity index (χ3v) is 2.60. The van der Waals surface area contributed by atoms with Crippen LogP contribution in [0.1, 0.15) is 67.2 Å². The lowest BCUT2D eigenvalue weighted by Crippen LogP contribution is -2.37. The topological polar surface area (TPSA) is 20.3 Å². The Kier molecular flexibility index (Phi) is 14.0. The largest absolute Gasteiger partial charge is 0.343 e. The van der Waals surface area contributed by atoms with Crippen LogP contribution in [0.2, 0.25) is 0 Å². The van der Waals surface area contributed by atoms with E-state index in [1.165, 1.54) is 12.8 Å². The quantitative estimate of drug-likeness (QED) is 0.698. The van der Waals surface area contributed by atoms with Gasteiger partial charge in [-0.15, -0.1) is 0 Å². The SMILES string of the molecule is CC.CC.CCCC(=O)N1CCC(C)CC1. The van der Waals surface area contributed by atoms with Gasteiger partial charge in [-0.2, -0.15) is 0 Å². The lowest BCUT2D eigenvalue weighted by Gasteiger charge is -2.30. The van der Waals surface area contributed by atoms with Gasteiger partial charge >= 0.3 is 0 Å². The number of hydrogen-bond acceptors (Lipinski definition) is 1. The zero-order valence-electron chi connectivity index (χ0n) is 12.2. The number of rotatable bonds is 2. The molecule has 1 rings (SSSR count). The zero-order chi connectivity index (χ0) is 13.0. The van der Waals surface area contributed by atoms with Gasteiger partial charge in [-0.1, -0.05) is 41.5 Å². The van der Waals surface area contributed by atoms with Gasteiger partial charge in [0.05, 0.1) is 0 Å². The molecule has 0 N–H and O–H groups in total. The Morgan fingerprint density at radius 1 is 1.12 bits per heavy atom. The van der Waals surface area contributed by atoms with Crippen LogP contribution >= 0.6 is 0 Å². The average molecular weight is 229 g/mol. The van der Waals surface area contributed by atoms with Crippen molar-refractivity contribution in [3.63, 3.8) is 0 Å². The number of nitrogens with zero attached hydrogens (tertiary/aromatic N) is 1. The van der Waals surface area contributed by atoms with E-state index in [-0.39, 0.29) is 0 Å². The lowest BCUT2D eigenvalue weighted by atomic mass is 9.99. The Morgan fingerprint density at radius 2 is 1.56 bits per heavy atom. The number of carbonyl (C=O) groups excluding carboxylic acids is 1. The summed E-state index contributed by atoms with van der Waals surface area (Å²) in [5, 5.41) is 0. The van der Waals surface area contributed by atoms with Crippen molar-refractivity contribution in [2.45, 2.75) is 67.2 Å². The van der Waals surface area contributed by atoms with Crippen LogP contribution in [0.25, 0.3) is 0 Å². The van der Waals surface area contributed by atoms with Gasteiger partial charge in [0, 0.05) is 19.5 Å². The smallest absolute Gasteiger partial charge is 0.222 e. The Bertz CT molecular complexity index is 149. The van der Waals surface area contributed by atoms with Gasteiger partial charge in [0.2, 0.25) is 5.91 Å². The highest BCUT2D eigenvalue weighted by Crippen LogP contribution is 2.16. The van der Waals surface area contributed by atoms with Crippen LogP contribution in [0.5, 0.6) is 0 Å². The highest BCUT2D eigenvalue weighted by atomic mass is 16.2. The second-order valence-corrected chi connectivity index (χ2v) is 3.81. The molecule has 0 aromatic heterocycles. The summed E-state index contributed by atoms with van der Waals surface area (Å²) < 4.78 is 0. The molecule has 0 unspecified atom stereocenters. The van der Waals surface area contributed by atoms with Crippen molar-refractivity contribution >= 4 is 5.91 Å². The molecule has 2 heteroatoms. The Labute approximate surface area is 102 Å². The molecule has 0 radical (unpaired) electrons. The van der Waals surface area contributed by atoms with Gasteiger partial charge in [-0.3, -0.25) is 4.79 Å². The zero-order valence-corrected chi connectivity index (χ0v) is 12.2. The Balaban J connectivity index is 0. The molecule has 16 heavy (non-hydrogen) atoms. The van der Waals surface area contributed by atoms with Crippen LogP contribution in [0.4, 0.5) is 0 Å². The van der Waals surface area contributed by atoms with E-state index in [0.29, 0.717) is 5.91 Å². The summed E-state index contributed by atoms with van der Waals surface area (Å²) in [5.41, 5.74) is 0. The monoisotopic (exact) mass is 229 g/mol. The van der Waals surface area contributed by atoms with Crippen LogP contribution in [-0.2, 0) is 4.79 Å². The number of piperidine rings is 1. The van der Waals surface area contributed by atoms with E-state index < -0.39 is 0 Å². The Morgan fingerprint density at radius 3 is 1.94 bits per heavy atom. The minimum atomic E-state index is 0.351. The fourth-order valence-corrected chi connectivity index (χ4v) is 1.63. The van der Waals surface area contributed by atoms with Crippen molar-refractivity contribution in [2.75, 3.05) is 13.1 Å². The standard InChI is InChI=1S/C10H19NO.2C2H6/c1-3-4-10(12)11-7-5-9(2)6-8-11;2*1-2/h9H,3-8H2,1-2H3;2*1-2H3. The maximum Gasteiger partial charge on any atom is 0.222 e. The van der Waals surface area contributed by atoms with Crippen LogP contribution in [0.3, 0.4) is 0 Å². The minimum Gasteiger partial charge on any atom is -0.343 e. The van der Waals surface area contributed by atoms with E-state index in [0.717, 1.165) is 31.8 Å². The number of likely N-dealkylation sites (tertiary alicyclic amines) is 1. The predicted molar refractivity (Wildman–Crippen MR) is 72.6 cm³/mol. The predicted octanol–water partition coefficient (Wildman–Crippen LogP) is 4.10. The van der Waals surface area contributed by atoms with Crippen LogP contribution < -0.4 is 0 Å². The summed E-state index contributed by atoms with van der Waals surface area (Å²) in [6, 6.07) is 0. The van der Waals surface area contributed by atoms with Gasteiger partial charge in [0.15, 0.2) is 0 Å². The van der Waals surface area contributed by atoms with Crippen molar-refractivity contribution in [3.05, 3.63) is 0 Å². The van der Waals surface area contributed by atoms with Crippen molar-refractivity contribution in [2.24, 2.45) is 5.92 Å². The maximum atomic E-state index is 11.4. The van der Waals surface area contributed by atoms with Gasteiger partial charge in [-0.05, 0) is 25.2 Å². The molecule has 0 aliphatic carbocycles. The molecule has 2 nitrogen and oxygen atoms in total. The molecule has 1 aliphatic rings. The molecule has 1 heterocycles. The van der Waals surface area contributed by atoms with Crippen LogP contribution in [0.15, 0.2) is 0 Å². The number of hydrogen-bond donors (Lipinski definition) is 0. The van der Waals surface area contributed by atoms with Gasteiger partial charge < -0.3 is 4.90 Å². The second-order valence-electron chi connectivity index (χ2n) is 3.81. The van der Waals surface area contributed by atoms with E-state index in [1.54, 1.807) is 0 Å². The fourth-order valence-electron chi connectivity index (χ4n) is 1.63. The molecule has 0 saturated carbocycles. The summed E-state index contributed by atoms with van der Waals surface area (Å²) in [6.45, 7) is 14.3. The summed E-state index contributed by atoms with van der Waals surface area (Å²) in [5.74, 6) is 1.17. The minimum absolute atomic E-state index is 0.351. The first-order valence-electron chi connectivity index (χ1n) is 7.01. The van der Waals surface area contributed by atoms with E-state index in [1.807, 2.05) is 32.6 Å². The second kappa shape index (κ2) is 12.5. The summed E-state index contributed by atoms with van der Waals surface area (Å²) in [4.78, 5) is 13.4. The molecule has 1 aliphatic heterocycles. The number of carbonyl (C=O) groups is 1. The van der Waals surface area contributed by atoms with E-state index in [9.17, 15) is 4.79 Å². The third kappa shape index (κ3) is 7.72. The van der Waals surface area contributed by atoms with E-state index >= 15 is 0 Å².